The molecular formula is C11H15N3. The molecule has 0 aliphatic rings. The quantitative estimate of drug-likeness (QED) is 0.566. The summed E-state index contributed by atoms with van der Waals surface area (Å²) in [4.78, 5) is 0. The number of nitriles is 1. The van der Waals surface area contributed by atoms with Gasteiger partial charge in [0.2, 0.25) is 0 Å². The summed E-state index contributed by atoms with van der Waals surface area (Å²) < 4.78 is 0. The zero-order valence-corrected chi connectivity index (χ0v) is 8.59. The fraction of sp³-hybridized carbons (Fsp3) is 0.364. The zero-order valence-electron chi connectivity index (χ0n) is 8.59. The van der Waals surface area contributed by atoms with Crippen molar-refractivity contribution in [2.45, 2.75) is 20.3 Å². The van der Waals surface area contributed by atoms with Gasteiger partial charge >= 0.3 is 0 Å². The van der Waals surface area contributed by atoms with Crippen LogP contribution < -0.4 is 11.1 Å². The van der Waals surface area contributed by atoms with Crippen molar-refractivity contribution in [2.75, 3.05) is 17.6 Å². The molecule has 3 nitrogen and oxygen atoms in total. The van der Waals surface area contributed by atoms with E-state index >= 15 is 0 Å². The summed E-state index contributed by atoms with van der Waals surface area (Å²) in [6.07, 6.45) is 0.508. The van der Waals surface area contributed by atoms with Crippen LogP contribution in [0.2, 0.25) is 0 Å². The third kappa shape index (κ3) is 2.17. The van der Waals surface area contributed by atoms with E-state index in [1.165, 1.54) is 0 Å². The first-order chi connectivity index (χ1) is 6.66. The van der Waals surface area contributed by atoms with Crippen molar-refractivity contribution in [2.24, 2.45) is 0 Å². The number of anilines is 2. The minimum absolute atomic E-state index is 0.508. The molecule has 0 amide bonds. The molecule has 0 atom stereocenters. The molecule has 0 spiro atoms. The van der Waals surface area contributed by atoms with Gasteiger partial charge in [-0.3, -0.25) is 0 Å². The van der Waals surface area contributed by atoms with Gasteiger partial charge in [-0.2, -0.15) is 5.26 Å². The van der Waals surface area contributed by atoms with Crippen LogP contribution in [0.5, 0.6) is 0 Å². The first-order valence-electron chi connectivity index (χ1n) is 4.63. The number of nitrogens with one attached hydrogen (secondary N) is 1. The fourth-order valence-electron chi connectivity index (χ4n) is 1.38. The molecule has 0 unspecified atom stereocenters. The summed E-state index contributed by atoms with van der Waals surface area (Å²) >= 11 is 0. The third-order valence-corrected chi connectivity index (χ3v) is 2.25. The molecule has 74 valence electrons. The van der Waals surface area contributed by atoms with E-state index in [0.717, 1.165) is 22.5 Å². The van der Waals surface area contributed by atoms with Crippen LogP contribution in [0.15, 0.2) is 12.1 Å². The summed E-state index contributed by atoms with van der Waals surface area (Å²) in [7, 11) is 0. The van der Waals surface area contributed by atoms with Crippen molar-refractivity contribution >= 4 is 11.4 Å². The second kappa shape index (κ2) is 4.52. The van der Waals surface area contributed by atoms with Crippen LogP contribution in [0.3, 0.4) is 0 Å². The van der Waals surface area contributed by atoms with Crippen LogP contribution in [-0.2, 0) is 0 Å². The number of nitrogen functional groups attached to an aromatic ring is 1. The average molecular weight is 189 g/mol. The Balaban J connectivity index is 2.85. The topological polar surface area (TPSA) is 61.8 Å². The predicted octanol–water partition coefficient (Wildman–Crippen LogP) is 2.21. The van der Waals surface area contributed by atoms with Crippen molar-refractivity contribution in [3.63, 3.8) is 0 Å². The van der Waals surface area contributed by atoms with Crippen LogP contribution in [0.1, 0.15) is 17.5 Å². The van der Waals surface area contributed by atoms with Gasteiger partial charge in [-0.25, -0.2) is 0 Å². The van der Waals surface area contributed by atoms with Crippen molar-refractivity contribution in [1.82, 2.24) is 0 Å². The Morgan fingerprint density at radius 2 is 2.14 bits per heavy atom. The Morgan fingerprint density at radius 1 is 1.43 bits per heavy atom. The van der Waals surface area contributed by atoms with Crippen LogP contribution in [-0.4, -0.2) is 6.54 Å². The first-order valence-corrected chi connectivity index (χ1v) is 4.63. The predicted molar refractivity (Wildman–Crippen MR) is 59.0 cm³/mol. The molecule has 14 heavy (non-hydrogen) atoms. The minimum Gasteiger partial charge on any atom is -0.398 e. The van der Waals surface area contributed by atoms with Gasteiger partial charge in [0.15, 0.2) is 0 Å². The van der Waals surface area contributed by atoms with Gasteiger partial charge in [0.25, 0.3) is 0 Å². The molecule has 1 rings (SSSR count). The van der Waals surface area contributed by atoms with E-state index in [2.05, 4.69) is 11.4 Å². The molecule has 0 aliphatic heterocycles. The van der Waals surface area contributed by atoms with Crippen LogP contribution >= 0.6 is 0 Å². The van der Waals surface area contributed by atoms with E-state index in [4.69, 9.17) is 11.0 Å². The molecule has 0 aromatic heterocycles. The van der Waals surface area contributed by atoms with Gasteiger partial charge < -0.3 is 11.1 Å². The van der Waals surface area contributed by atoms with Gasteiger partial charge in [0, 0.05) is 17.9 Å². The molecule has 0 aliphatic carbocycles. The van der Waals surface area contributed by atoms with Crippen LogP contribution in [0.25, 0.3) is 0 Å². The van der Waals surface area contributed by atoms with E-state index in [1.54, 1.807) is 0 Å². The van der Waals surface area contributed by atoms with Gasteiger partial charge in [-0.15, -0.1) is 0 Å². The van der Waals surface area contributed by atoms with Crippen molar-refractivity contribution in [3.05, 3.63) is 23.3 Å². The summed E-state index contributed by atoms with van der Waals surface area (Å²) in [6.45, 7) is 4.68. The first kappa shape index (κ1) is 10.4. The van der Waals surface area contributed by atoms with Crippen LogP contribution in [0, 0.1) is 25.2 Å². The molecule has 3 heteroatoms. The Kier molecular flexibility index (Phi) is 3.35. The molecule has 0 heterocycles. The number of benzene rings is 1. The standard InChI is InChI=1S/C11H15N3/c1-8-4-5-10(13)9(2)11(8)14-7-3-6-12/h4-5,14H,3,7,13H2,1-2H3. The average Bonchev–Trinajstić information content (AvgIpc) is 2.18. The third-order valence-electron chi connectivity index (χ3n) is 2.25. The van der Waals surface area contributed by atoms with Gasteiger partial charge in [0.05, 0.1) is 12.5 Å². The van der Waals surface area contributed by atoms with Crippen molar-refractivity contribution in [3.8, 4) is 6.07 Å². The number of nitrogens with two attached hydrogens (primary N) is 1. The normalized spacial score (nSPS) is 9.50. The fourth-order valence-corrected chi connectivity index (χ4v) is 1.38. The van der Waals surface area contributed by atoms with E-state index in [1.807, 2.05) is 26.0 Å². The molecule has 0 saturated heterocycles. The summed E-state index contributed by atoms with van der Waals surface area (Å²) in [5.41, 5.74) is 9.85. The molecule has 0 radical (unpaired) electrons. The Hall–Kier alpha value is -1.69. The van der Waals surface area contributed by atoms with Crippen molar-refractivity contribution in [1.29, 1.82) is 5.26 Å². The highest BCUT2D eigenvalue weighted by Gasteiger charge is 2.03. The van der Waals surface area contributed by atoms with Gasteiger partial charge in [0.1, 0.15) is 0 Å². The van der Waals surface area contributed by atoms with E-state index in [-0.39, 0.29) is 0 Å². The number of hydrogen-bond acceptors (Lipinski definition) is 3. The molecule has 3 N–H and O–H groups in total. The van der Waals surface area contributed by atoms with E-state index in [0.29, 0.717) is 13.0 Å². The summed E-state index contributed by atoms with van der Waals surface area (Å²) in [5, 5.41) is 11.6. The number of rotatable bonds is 3. The number of nitrogens with zero attached hydrogens (tertiary/aromatic N) is 1. The van der Waals surface area contributed by atoms with Gasteiger partial charge in [-0.1, -0.05) is 6.07 Å². The lowest BCUT2D eigenvalue weighted by atomic mass is 10.1. The van der Waals surface area contributed by atoms with Gasteiger partial charge in [-0.05, 0) is 31.0 Å². The Morgan fingerprint density at radius 3 is 2.79 bits per heavy atom. The lowest BCUT2D eigenvalue weighted by molar-refractivity contribution is 1.07. The SMILES string of the molecule is Cc1ccc(N)c(C)c1NCCC#N. The van der Waals surface area contributed by atoms with Crippen molar-refractivity contribution < 1.29 is 0 Å². The minimum atomic E-state index is 0.508. The molecule has 1 aromatic rings. The lowest BCUT2D eigenvalue weighted by Crippen LogP contribution is -2.05. The molecule has 1 aromatic carbocycles. The molecule has 0 saturated carbocycles. The molecule has 0 fully saturated rings. The van der Waals surface area contributed by atoms with E-state index < -0.39 is 0 Å². The highest BCUT2D eigenvalue weighted by Crippen LogP contribution is 2.24. The number of hydrogen-bond donors (Lipinski definition) is 2. The van der Waals surface area contributed by atoms with E-state index in [9.17, 15) is 0 Å². The maximum Gasteiger partial charge on any atom is 0.0640 e. The summed E-state index contributed by atoms with van der Waals surface area (Å²) in [5.74, 6) is 0. The molecule has 0 bridgehead atoms. The highest BCUT2D eigenvalue weighted by molar-refractivity contribution is 5.66. The zero-order chi connectivity index (χ0) is 10.6. The largest absolute Gasteiger partial charge is 0.398 e. The Labute approximate surface area is 84.5 Å². The smallest absolute Gasteiger partial charge is 0.0640 e. The maximum absolute atomic E-state index is 8.42. The second-order valence-corrected chi connectivity index (χ2v) is 3.31. The lowest BCUT2D eigenvalue weighted by Gasteiger charge is -2.13. The summed E-state index contributed by atoms with van der Waals surface area (Å²) in [6, 6.07) is 5.98. The van der Waals surface area contributed by atoms with Crippen LogP contribution in [0.4, 0.5) is 11.4 Å². The Bertz CT molecular complexity index is 364. The monoisotopic (exact) mass is 189 g/mol. The maximum atomic E-state index is 8.42. The second-order valence-electron chi connectivity index (χ2n) is 3.31. The number of aryl methyl sites for hydroxylation is 1. The molecular weight excluding hydrogens is 174 g/mol. The highest BCUT2D eigenvalue weighted by atomic mass is 14.9.